The summed E-state index contributed by atoms with van der Waals surface area (Å²) < 4.78 is 0. The third kappa shape index (κ3) is 3.71. The van der Waals surface area contributed by atoms with Crippen LogP contribution in [0.5, 0.6) is 0 Å². The highest BCUT2D eigenvalue weighted by Crippen LogP contribution is 2.32. The van der Waals surface area contributed by atoms with E-state index in [0.29, 0.717) is 0 Å². The number of nitrogens with zero attached hydrogens (tertiary/aromatic N) is 2. The van der Waals surface area contributed by atoms with Crippen LogP contribution in [0.25, 0.3) is 0 Å². The Kier molecular flexibility index (Phi) is 4.81. The van der Waals surface area contributed by atoms with Gasteiger partial charge in [0.25, 0.3) is 0 Å². The molecule has 1 N–H and O–H groups in total. The molecular formula is C16H23N3. The summed E-state index contributed by atoms with van der Waals surface area (Å²) in [5, 5.41) is 12.7. The molecule has 0 radical (unpaired) electrons. The average Bonchev–Trinajstić information content (AvgIpc) is 3.26. The van der Waals surface area contributed by atoms with Gasteiger partial charge in [0.05, 0.1) is 11.3 Å². The predicted octanol–water partition coefficient (Wildman–Crippen LogP) is 2.90. The minimum atomic E-state index is 0.804. The SMILES string of the molecule is CCNCc1ccc(N(CC)CC2CC2)c(C#N)c1. The predicted molar refractivity (Wildman–Crippen MR) is 79.1 cm³/mol. The fourth-order valence-electron chi connectivity index (χ4n) is 2.34. The maximum atomic E-state index is 9.37. The van der Waals surface area contributed by atoms with E-state index in [2.05, 4.69) is 42.3 Å². The Labute approximate surface area is 116 Å². The molecule has 0 spiro atoms. The van der Waals surface area contributed by atoms with E-state index in [1.165, 1.54) is 18.4 Å². The second kappa shape index (κ2) is 6.58. The monoisotopic (exact) mass is 257 g/mol. The van der Waals surface area contributed by atoms with Crippen LogP contribution >= 0.6 is 0 Å². The van der Waals surface area contributed by atoms with E-state index < -0.39 is 0 Å². The van der Waals surface area contributed by atoms with Gasteiger partial charge in [-0.3, -0.25) is 0 Å². The van der Waals surface area contributed by atoms with E-state index in [1.807, 2.05) is 6.07 Å². The molecule has 2 rings (SSSR count). The molecule has 1 aliphatic rings. The minimum absolute atomic E-state index is 0.804. The lowest BCUT2D eigenvalue weighted by Gasteiger charge is -2.24. The average molecular weight is 257 g/mol. The molecule has 19 heavy (non-hydrogen) atoms. The number of benzene rings is 1. The molecule has 0 atom stereocenters. The molecule has 1 aromatic carbocycles. The lowest BCUT2D eigenvalue weighted by atomic mass is 10.1. The van der Waals surface area contributed by atoms with Gasteiger partial charge in [-0.15, -0.1) is 0 Å². The number of rotatable bonds is 7. The number of nitriles is 1. The van der Waals surface area contributed by atoms with Crippen LogP contribution in [0, 0.1) is 17.2 Å². The number of nitrogens with one attached hydrogen (secondary N) is 1. The van der Waals surface area contributed by atoms with Crippen LogP contribution in [0.1, 0.15) is 37.8 Å². The Morgan fingerprint density at radius 3 is 2.74 bits per heavy atom. The third-order valence-corrected chi connectivity index (χ3v) is 3.66. The van der Waals surface area contributed by atoms with Gasteiger partial charge in [-0.2, -0.15) is 5.26 Å². The van der Waals surface area contributed by atoms with E-state index >= 15 is 0 Å². The zero-order valence-corrected chi connectivity index (χ0v) is 11.9. The Bertz CT molecular complexity index is 458. The molecule has 3 heteroatoms. The Morgan fingerprint density at radius 2 is 2.16 bits per heavy atom. The van der Waals surface area contributed by atoms with Crippen LogP contribution in [-0.4, -0.2) is 19.6 Å². The van der Waals surface area contributed by atoms with Crippen LogP contribution in [-0.2, 0) is 6.54 Å². The molecule has 1 aliphatic carbocycles. The summed E-state index contributed by atoms with van der Waals surface area (Å²) in [5.74, 6) is 0.841. The highest BCUT2D eigenvalue weighted by atomic mass is 15.1. The molecule has 0 heterocycles. The van der Waals surface area contributed by atoms with E-state index in [9.17, 15) is 5.26 Å². The van der Waals surface area contributed by atoms with Crippen molar-refractivity contribution in [2.75, 3.05) is 24.5 Å². The maximum Gasteiger partial charge on any atom is 0.101 e. The molecule has 0 bridgehead atoms. The van der Waals surface area contributed by atoms with Gasteiger partial charge in [-0.05, 0) is 49.9 Å². The molecule has 0 amide bonds. The first kappa shape index (κ1) is 13.9. The van der Waals surface area contributed by atoms with E-state index in [0.717, 1.165) is 43.3 Å². The Morgan fingerprint density at radius 1 is 1.37 bits per heavy atom. The van der Waals surface area contributed by atoms with Gasteiger partial charge in [0.15, 0.2) is 0 Å². The largest absolute Gasteiger partial charge is 0.370 e. The summed E-state index contributed by atoms with van der Waals surface area (Å²) in [6.45, 7) is 8.10. The smallest absolute Gasteiger partial charge is 0.101 e. The summed E-state index contributed by atoms with van der Waals surface area (Å²) in [6.07, 6.45) is 2.69. The van der Waals surface area contributed by atoms with Crippen LogP contribution in [0.4, 0.5) is 5.69 Å². The van der Waals surface area contributed by atoms with Crippen molar-refractivity contribution in [2.24, 2.45) is 5.92 Å². The van der Waals surface area contributed by atoms with Crippen LogP contribution < -0.4 is 10.2 Å². The lowest BCUT2D eigenvalue weighted by molar-refractivity contribution is 0.724. The number of hydrogen-bond donors (Lipinski definition) is 1. The molecule has 1 aromatic rings. The van der Waals surface area contributed by atoms with Gasteiger partial charge < -0.3 is 10.2 Å². The fourth-order valence-corrected chi connectivity index (χ4v) is 2.34. The molecule has 1 saturated carbocycles. The minimum Gasteiger partial charge on any atom is -0.370 e. The van der Waals surface area contributed by atoms with Crippen molar-refractivity contribution in [3.8, 4) is 6.07 Å². The summed E-state index contributed by atoms with van der Waals surface area (Å²) in [6, 6.07) is 8.61. The summed E-state index contributed by atoms with van der Waals surface area (Å²) in [5.41, 5.74) is 3.08. The molecule has 0 aromatic heterocycles. The quantitative estimate of drug-likeness (QED) is 0.816. The summed E-state index contributed by atoms with van der Waals surface area (Å²) >= 11 is 0. The zero-order valence-electron chi connectivity index (χ0n) is 11.9. The van der Waals surface area contributed by atoms with E-state index in [1.54, 1.807) is 0 Å². The zero-order chi connectivity index (χ0) is 13.7. The van der Waals surface area contributed by atoms with Crippen molar-refractivity contribution in [2.45, 2.75) is 33.2 Å². The normalized spacial score (nSPS) is 14.2. The van der Waals surface area contributed by atoms with E-state index in [4.69, 9.17) is 0 Å². The molecule has 0 saturated heterocycles. The first-order valence-corrected chi connectivity index (χ1v) is 7.27. The van der Waals surface area contributed by atoms with Crippen LogP contribution in [0.15, 0.2) is 18.2 Å². The second-order valence-electron chi connectivity index (χ2n) is 5.23. The molecule has 0 aliphatic heterocycles. The summed E-state index contributed by atoms with van der Waals surface area (Å²) in [4.78, 5) is 2.34. The van der Waals surface area contributed by atoms with Crippen molar-refractivity contribution in [1.29, 1.82) is 5.26 Å². The van der Waals surface area contributed by atoms with Crippen molar-refractivity contribution >= 4 is 5.69 Å². The lowest BCUT2D eigenvalue weighted by Crippen LogP contribution is -2.26. The highest BCUT2D eigenvalue weighted by molar-refractivity contribution is 5.60. The summed E-state index contributed by atoms with van der Waals surface area (Å²) in [7, 11) is 0. The highest BCUT2D eigenvalue weighted by Gasteiger charge is 2.24. The van der Waals surface area contributed by atoms with Crippen LogP contribution in [0.2, 0.25) is 0 Å². The van der Waals surface area contributed by atoms with Crippen molar-refractivity contribution in [3.63, 3.8) is 0 Å². The first-order chi connectivity index (χ1) is 9.28. The van der Waals surface area contributed by atoms with Gasteiger partial charge in [0.1, 0.15) is 6.07 Å². The fraction of sp³-hybridized carbons (Fsp3) is 0.562. The second-order valence-corrected chi connectivity index (χ2v) is 5.23. The number of hydrogen-bond acceptors (Lipinski definition) is 3. The third-order valence-electron chi connectivity index (χ3n) is 3.66. The topological polar surface area (TPSA) is 39.1 Å². The number of anilines is 1. The molecule has 102 valence electrons. The van der Waals surface area contributed by atoms with E-state index in [-0.39, 0.29) is 0 Å². The Balaban J connectivity index is 2.16. The van der Waals surface area contributed by atoms with Crippen LogP contribution in [0.3, 0.4) is 0 Å². The van der Waals surface area contributed by atoms with Crippen molar-refractivity contribution < 1.29 is 0 Å². The molecule has 1 fully saturated rings. The molecule has 0 unspecified atom stereocenters. The Hall–Kier alpha value is -1.53. The standard InChI is InChI=1S/C16H23N3/c1-3-18-11-14-7-8-16(15(9-14)10-17)19(4-2)12-13-5-6-13/h7-9,13,18H,3-6,11-12H2,1-2H3. The van der Waals surface area contributed by atoms with Crippen molar-refractivity contribution in [1.82, 2.24) is 5.32 Å². The molecular weight excluding hydrogens is 234 g/mol. The maximum absolute atomic E-state index is 9.37. The van der Waals surface area contributed by atoms with Gasteiger partial charge >= 0.3 is 0 Å². The van der Waals surface area contributed by atoms with Gasteiger partial charge in [0, 0.05) is 19.6 Å². The first-order valence-electron chi connectivity index (χ1n) is 7.27. The van der Waals surface area contributed by atoms with Crippen molar-refractivity contribution in [3.05, 3.63) is 29.3 Å². The molecule has 3 nitrogen and oxygen atoms in total. The van der Waals surface area contributed by atoms with Gasteiger partial charge in [-0.1, -0.05) is 13.0 Å². The van der Waals surface area contributed by atoms with Gasteiger partial charge in [-0.25, -0.2) is 0 Å². The van der Waals surface area contributed by atoms with Gasteiger partial charge in [0.2, 0.25) is 0 Å².